The molecule has 0 N–H and O–H groups in total. The normalized spacial score (nSPS) is 11.9. The molecule has 87 heavy (non-hydrogen) atoms. The predicted octanol–water partition coefficient (Wildman–Crippen LogP) is 20.3. The highest BCUT2D eigenvalue weighted by molar-refractivity contribution is 6.16. The Morgan fingerprint density at radius 2 is 0.586 bits per heavy atom. The van der Waals surface area contributed by atoms with Gasteiger partial charge in [-0.25, -0.2) is 19.8 Å². The summed E-state index contributed by atoms with van der Waals surface area (Å²) in [6, 6.07) is 75.0. The molecule has 8 nitrogen and oxygen atoms in total. The lowest BCUT2D eigenvalue weighted by Gasteiger charge is -2.29. The molecular formula is C79H60N8. The topological polar surface area (TPSA) is 62.8 Å². The average molecular weight is 1120 g/mol. The van der Waals surface area contributed by atoms with Gasteiger partial charge in [-0.1, -0.05) is 154 Å². The minimum absolute atomic E-state index is 0.324. The minimum Gasteiger partial charge on any atom is -0.337 e. The van der Waals surface area contributed by atoms with Gasteiger partial charge < -0.3 is 18.3 Å². The van der Waals surface area contributed by atoms with E-state index in [9.17, 15) is 6.57 Å². The fraction of sp³-hybridized carbons (Fsp3) is 0.114. The van der Waals surface area contributed by atoms with Gasteiger partial charge >= 0.3 is 0 Å². The number of aromatic nitrogens is 7. The van der Waals surface area contributed by atoms with E-state index in [1.54, 1.807) is 0 Å². The summed E-state index contributed by atoms with van der Waals surface area (Å²) in [6.07, 6.45) is 0. The molecule has 0 fully saturated rings. The number of fused-ring (bicyclic) bond motifs is 12. The lowest BCUT2D eigenvalue weighted by Crippen LogP contribution is -2.16. The van der Waals surface area contributed by atoms with E-state index in [2.05, 4.69) is 244 Å². The van der Waals surface area contributed by atoms with Crippen LogP contribution in [0.3, 0.4) is 0 Å². The maximum absolute atomic E-state index is 10.2. The van der Waals surface area contributed by atoms with Gasteiger partial charge in [0.05, 0.1) is 62.3 Å². The summed E-state index contributed by atoms with van der Waals surface area (Å²) in [5, 5.41) is 9.04. The average Bonchev–Trinajstić information content (AvgIpc) is 1.97. The van der Waals surface area contributed by atoms with Crippen LogP contribution in [0.25, 0.3) is 143 Å². The van der Waals surface area contributed by atoms with Gasteiger partial charge in [0.15, 0.2) is 17.5 Å². The number of hydrogen-bond donors (Lipinski definition) is 0. The Hall–Kier alpha value is -10.9. The predicted molar refractivity (Wildman–Crippen MR) is 362 cm³/mol. The Balaban J connectivity index is 1.24. The van der Waals surface area contributed by atoms with Crippen LogP contribution < -0.4 is 0 Å². The highest BCUT2D eigenvalue weighted by Gasteiger charge is 2.35. The second-order valence-electron chi connectivity index (χ2n) is 24.2. The standard InChI is InChI=1S/C79H60N8/c1-45-20-28-64-55(36-45)56-37-46(2)21-29-65(56)84(64)44-63-73(80-9)75(86-68-32-24-49(5)40-59(68)60-41-50(6)25-33-69(60)86)72(79-82-77(53-16-12-10-13-17-53)81-78(83-79)54-18-14-11-15-19-54)76(87-70-34-26-51(7)42-61(70)62-43-52(8)27-35-71(62)87)74(63)85-66-30-22-47(3)38-57(66)58-39-48(4)23-31-67(58)85/h10-43H,44H2,1-8H3. The van der Waals surface area contributed by atoms with E-state index in [4.69, 9.17) is 19.8 Å². The van der Waals surface area contributed by atoms with Crippen LogP contribution in [-0.2, 0) is 6.54 Å². The minimum atomic E-state index is 0.324. The van der Waals surface area contributed by atoms with Crippen LogP contribution in [0.5, 0.6) is 0 Å². The summed E-state index contributed by atoms with van der Waals surface area (Å²) >= 11 is 0. The smallest absolute Gasteiger partial charge is 0.218 e. The summed E-state index contributed by atoms with van der Waals surface area (Å²) in [4.78, 5) is 22.0. The van der Waals surface area contributed by atoms with Crippen molar-refractivity contribution >= 4 is 92.9 Å². The molecule has 5 heterocycles. The maximum Gasteiger partial charge on any atom is 0.218 e. The molecule has 0 saturated carbocycles. The van der Waals surface area contributed by atoms with Gasteiger partial charge in [0.1, 0.15) is 0 Å². The van der Waals surface area contributed by atoms with Crippen LogP contribution in [-0.4, -0.2) is 33.2 Å². The van der Waals surface area contributed by atoms with Gasteiger partial charge in [0.2, 0.25) is 5.69 Å². The van der Waals surface area contributed by atoms with E-state index < -0.39 is 0 Å². The fourth-order valence-electron chi connectivity index (χ4n) is 14.0. The molecular weight excluding hydrogens is 1060 g/mol. The second kappa shape index (κ2) is 19.6. The first-order valence-corrected chi connectivity index (χ1v) is 29.9. The van der Waals surface area contributed by atoms with Gasteiger partial charge in [-0.3, -0.25) is 0 Å². The van der Waals surface area contributed by atoms with Gasteiger partial charge in [0.25, 0.3) is 0 Å². The van der Waals surface area contributed by atoms with Crippen molar-refractivity contribution in [2.24, 2.45) is 0 Å². The second-order valence-corrected chi connectivity index (χ2v) is 24.2. The van der Waals surface area contributed by atoms with Crippen LogP contribution in [0, 0.1) is 62.0 Å². The Morgan fingerprint density at radius 3 is 0.908 bits per heavy atom. The lowest BCUT2D eigenvalue weighted by atomic mass is 9.96. The molecule has 0 spiro atoms. The first kappa shape index (κ1) is 51.7. The highest BCUT2D eigenvalue weighted by Crippen LogP contribution is 2.53. The van der Waals surface area contributed by atoms with Crippen molar-refractivity contribution in [1.29, 1.82) is 0 Å². The third kappa shape index (κ3) is 8.07. The van der Waals surface area contributed by atoms with Crippen LogP contribution in [0.15, 0.2) is 206 Å². The van der Waals surface area contributed by atoms with Crippen LogP contribution in [0.1, 0.15) is 50.1 Å². The molecule has 0 atom stereocenters. The quantitative estimate of drug-likeness (QED) is 0.142. The molecule has 5 aromatic heterocycles. The number of aryl methyl sites for hydroxylation is 8. The van der Waals surface area contributed by atoms with Gasteiger partial charge in [0, 0.05) is 77.4 Å². The van der Waals surface area contributed by atoms with Crippen LogP contribution in [0.2, 0.25) is 0 Å². The summed E-state index contributed by atoms with van der Waals surface area (Å²) in [5.41, 5.74) is 23.6. The van der Waals surface area contributed by atoms with Crippen LogP contribution >= 0.6 is 0 Å². The van der Waals surface area contributed by atoms with E-state index in [1.165, 1.54) is 21.9 Å². The van der Waals surface area contributed by atoms with Crippen molar-refractivity contribution in [2.45, 2.75) is 61.9 Å². The third-order valence-electron chi connectivity index (χ3n) is 17.9. The molecule has 416 valence electrons. The zero-order valence-corrected chi connectivity index (χ0v) is 49.9. The molecule has 8 heteroatoms. The Bertz CT molecular complexity index is 5350. The third-order valence-corrected chi connectivity index (χ3v) is 17.9. The molecule has 11 aromatic carbocycles. The Labute approximate surface area is 504 Å². The number of rotatable bonds is 8. The molecule has 0 saturated heterocycles. The molecule has 16 aromatic rings. The monoisotopic (exact) mass is 1120 g/mol. The zero-order chi connectivity index (χ0) is 59.1. The number of hydrogen-bond acceptors (Lipinski definition) is 3. The summed E-state index contributed by atoms with van der Waals surface area (Å²) < 4.78 is 9.81. The summed E-state index contributed by atoms with van der Waals surface area (Å²) in [6.45, 7) is 27.9. The van der Waals surface area contributed by atoms with E-state index in [-0.39, 0.29) is 0 Å². The van der Waals surface area contributed by atoms with E-state index in [0.717, 1.165) is 138 Å². The zero-order valence-electron chi connectivity index (χ0n) is 49.9. The summed E-state index contributed by atoms with van der Waals surface area (Å²) in [7, 11) is 0. The van der Waals surface area contributed by atoms with Crippen molar-refractivity contribution in [3.8, 4) is 51.2 Å². The van der Waals surface area contributed by atoms with Crippen molar-refractivity contribution < 1.29 is 0 Å². The van der Waals surface area contributed by atoms with Crippen molar-refractivity contribution in [1.82, 2.24) is 33.2 Å². The first-order chi connectivity index (χ1) is 42.4. The Morgan fingerprint density at radius 1 is 0.310 bits per heavy atom. The van der Waals surface area contributed by atoms with Crippen LogP contribution in [0.4, 0.5) is 5.69 Å². The molecule has 0 unspecified atom stereocenters. The maximum atomic E-state index is 10.2. The van der Waals surface area contributed by atoms with Crippen molar-refractivity contribution in [3.63, 3.8) is 0 Å². The van der Waals surface area contributed by atoms with E-state index >= 15 is 0 Å². The molecule has 16 rings (SSSR count). The van der Waals surface area contributed by atoms with Gasteiger partial charge in [-0.2, -0.15) is 0 Å². The molecule has 0 radical (unpaired) electrons. The summed E-state index contributed by atoms with van der Waals surface area (Å²) in [5.74, 6) is 1.48. The molecule has 0 aliphatic heterocycles. The molecule has 0 aliphatic carbocycles. The van der Waals surface area contributed by atoms with E-state index in [1.807, 2.05) is 36.4 Å². The van der Waals surface area contributed by atoms with Crippen molar-refractivity contribution in [3.05, 3.63) is 268 Å². The van der Waals surface area contributed by atoms with E-state index in [0.29, 0.717) is 41.0 Å². The lowest BCUT2D eigenvalue weighted by molar-refractivity contribution is 0.857. The largest absolute Gasteiger partial charge is 0.337 e. The van der Waals surface area contributed by atoms with Gasteiger partial charge in [-0.15, -0.1) is 0 Å². The Kier molecular flexibility index (Phi) is 11.7. The first-order valence-electron chi connectivity index (χ1n) is 29.9. The molecule has 0 aliphatic rings. The SMILES string of the molecule is [C-]#[N+]c1c(Cn2c3ccc(C)cc3c3cc(C)ccc32)c(-n2c3ccc(C)cc3c3cc(C)ccc32)c(-n2c3ccc(C)cc3c3cc(C)ccc32)c(-c2nc(-c3ccccc3)nc(-c3ccccc3)n2)c1-n1c2ccc(C)cc2c2cc(C)ccc21. The van der Waals surface area contributed by atoms with Gasteiger partial charge in [-0.05, 0) is 152 Å². The number of nitrogens with zero attached hydrogens (tertiary/aromatic N) is 8. The molecule has 0 amide bonds. The fourth-order valence-corrected chi connectivity index (χ4v) is 14.0. The van der Waals surface area contributed by atoms with Crippen molar-refractivity contribution in [2.75, 3.05) is 0 Å². The highest BCUT2D eigenvalue weighted by atomic mass is 15.1. The number of benzene rings is 11. The molecule has 0 bridgehead atoms.